The van der Waals surface area contributed by atoms with Crippen molar-refractivity contribution in [2.24, 2.45) is 0 Å². The fraction of sp³-hybridized carbons (Fsp3) is 0.341. The first-order valence-corrected chi connectivity index (χ1v) is 18.4. The first kappa shape index (κ1) is 34.3. The highest BCUT2D eigenvalue weighted by atomic mass is 16.5. The molecule has 5 aromatic rings. The lowest BCUT2D eigenvalue weighted by atomic mass is 10.0. The number of hydrogen-bond donors (Lipinski definition) is 3. The third-order valence-electron chi connectivity index (χ3n) is 10.7. The number of imidazole rings is 2. The summed E-state index contributed by atoms with van der Waals surface area (Å²) in [5, 5.41) is 2.71. The number of nitrogens with one attached hydrogen (secondary N) is 3. The monoisotopic (exact) mass is 713 g/mol. The van der Waals surface area contributed by atoms with Gasteiger partial charge in [0.2, 0.25) is 0 Å². The molecule has 3 saturated heterocycles. The van der Waals surface area contributed by atoms with Crippen LogP contribution in [-0.4, -0.2) is 80.6 Å². The largest absolute Gasteiger partial charge is 0.453 e. The summed E-state index contributed by atoms with van der Waals surface area (Å²) in [6.07, 6.45) is 7.86. The maximum absolute atomic E-state index is 13.9. The van der Waals surface area contributed by atoms with Crippen LogP contribution in [0.1, 0.15) is 73.9 Å². The Labute approximate surface area is 307 Å². The van der Waals surface area contributed by atoms with Crippen molar-refractivity contribution in [3.05, 3.63) is 108 Å². The predicted octanol–water partition coefficient (Wildman–Crippen LogP) is 6.74. The van der Waals surface area contributed by atoms with Crippen LogP contribution in [0.15, 0.2) is 91.3 Å². The van der Waals surface area contributed by atoms with Crippen molar-refractivity contribution in [3.63, 3.8) is 0 Å². The lowest BCUT2D eigenvalue weighted by molar-refractivity contribution is -0.142. The van der Waals surface area contributed by atoms with Crippen molar-refractivity contribution < 1.29 is 23.9 Å². The number of aromatic nitrogens is 4. The number of rotatable bonds is 9. The summed E-state index contributed by atoms with van der Waals surface area (Å²) in [4.78, 5) is 59.2. The summed E-state index contributed by atoms with van der Waals surface area (Å²) < 4.78 is 10.5. The van der Waals surface area contributed by atoms with Crippen molar-refractivity contribution in [2.45, 2.75) is 62.8 Å². The number of carbonyl (C=O) groups is 3. The van der Waals surface area contributed by atoms with Gasteiger partial charge < -0.3 is 34.6 Å². The number of methoxy groups -OCH3 is 1. The van der Waals surface area contributed by atoms with Crippen molar-refractivity contribution >= 4 is 17.9 Å². The van der Waals surface area contributed by atoms with Crippen molar-refractivity contribution in [2.75, 3.05) is 26.8 Å². The first-order chi connectivity index (χ1) is 26.0. The van der Waals surface area contributed by atoms with Gasteiger partial charge in [0.05, 0.1) is 43.0 Å². The Morgan fingerprint density at radius 1 is 0.736 bits per heavy atom. The fourth-order valence-electron chi connectivity index (χ4n) is 7.85. The molecule has 0 radical (unpaired) electrons. The molecule has 3 aromatic carbocycles. The molecule has 2 aromatic heterocycles. The molecule has 3 aliphatic rings. The number of carbonyl (C=O) groups excluding carboxylic acids is 3. The number of hydrogen-bond acceptors (Lipinski definition) is 7. The molecule has 0 bridgehead atoms. The quantitative estimate of drug-likeness (QED) is 0.154. The Morgan fingerprint density at radius 3 is 1.83 bits per heavy atom. The highest BCUT2D eigenvalue weighted by molar-refractivity contribution is 5.87. The van der Waals surface area contributed by atoms with Gasteiger partial charge in [-0.05, 0) is 66.3 Å². The molecular formula is C41H43N7O5. The predicted molar refractivity (Wildman–Crippen MR) is 198 cm³/mol. The van der Waals surface area contributed by atoms with Crippen LogP contribution in [0.4, 0.5) is 4.79 Å². The molecule has 8 rings (SSSR count). The fourth-order valence-corrected chi connectivity index (χ4v) is 7.85. The molecule has 3 N–H and O–H groups in total. The van der Waals surface area contributed by atoms with E-state index in [1.165, 1.54) is 7.11 Å². The average Bonchev–Trinajstić information content (AvgIpc) is 4.06. The number of amides is 3. The van der Waals surface area contributed by atoms with Gasteiger partial charge in [0, 0.05) is 19.7 Å². The van der Waals surface area contributed by atoms with Gasteiger partial charge in [-0.3, -0.25) is 9.59 Å². The SMILES string of the molecule is COC(=O)N[C@@H](C(=O)N1CCCC1c1ncc(-c2ccc(-c3ccc(-c4cnc([C@@H]5CCCN5C(=O)[C@H]5CCCO5)[nH]4)cc3)cc2)[nH]1)c1ccccc1. The molecular weight excluding hydrogens is 670 g/mol. The lowest BCUT2D eigenvalue weighted by Gasteiger charge is -2.28. The van der Waals surface area contributed by atoms with E-state index in [-0.39, 0.29) is 30.0 Å². The van der Waals surface area contributed by atoms with Crippen LogP contribution in [0.25, 0.3) is 33.6 Å². The second-order valence-electron chi connectivity index (χ2n) is 13.9. The second kappa shape index (κ2) is 15.1. The Bertz CT molecular complexity index is 2050. The maximum atomic E-state index is 13.9. The normalized spacial score (nSPS) is 20.4. The molecule has 1 unspecified atom stereocenters. The van der Waals surface area contributed by atoms with Gasteiger partial charge in [-0.15, -0.1) is 0 Å². The van der Waals surface area contributed by atoms with Crippen LogP contribution in [0.3, 0.4) is 0 Å². The standard InChI is InChI=1S/C41H43N7O5/c1-52-41(51)46-36(30-8-3-2-4-9-30)40(50)48-22-6-11-34(48)38-43-25-32(45-38)29-19-15-27(16-20-29)26-13-17-28(18-14-26)31-24-42-37(44-31)33-10-5-21-47(33)39(49)35-12-7-23-53-35/h2-4,8-9,13-20,24-25,33-36H,5-7,10-12,21-23H2,1H3,(H,42,44)(H,43,45)(H,46,51)/t33-,34?,35+,36+/m0/s1. The minimum Gasteiger partial charge on any atom is -0.453 e. The van der Waals surface area contributed by atoms with Gasteiger partial charge in [0.1, 0.15) is 23.8 Å². The van der Waals surface area contributed by atoms with E-state index in [9.17, 15) is 14.4 Å². The van der Waals surface area contributed by atoms with E-state index in [1.54, 1.807) is 4.90 Å². The van der Waals surface area contributed by atoms with Crippen LogP contribution in [-0.2, 0) is 19.1 Å². The highest BCUT2D eigenvalue weighted by Crippen LogP contribution is 2.36. The van der Waals surface area contributed by atoms with Gasteiger partial charge in [-0.2, -0.15) is 0 Å². The summed E-state index contributed by atoms with van der Waals surface area (Å²) >= 11 is 0. The Hall–Kier alpha value is -5.75. The first-order valence-electron chi connectivity index (χ1n) is 18.4. The van der Waals surface area contributed by atoms with Crippen molar-refractivity contribution in [3.8, 4) is 33.6 Å². The minimum absolute atomic E-state index is 0.0499. The Balaban J connectivity index is 0.929. The summed E-state index contributed by atoms with van der Waals surface area (Å²) in [7, 11) is 1.29. The van der Waals surface area contributed by atoms with Crippen LogP contribution in [0.5, 0.6) is 0 Å². The van der Waals surface area contributed by atoms with Gasteiger partial charge in [-0.1, -0.05) is 78.9 Å². The summed E-state index contributed by atoms with van der Waals surface area (Å²) in [6, 6.07) is 24.7. The van der Waals surface area contributed by atoms with E-state index < -0.39 is 12.1 Å². The van der Waals surface area contributed by atoms with Gasteiger partial charge in [0.25, 0.3) is 11.8 Å². The zero-order chi connectivity index (χ0) is 36.3. The summed E-state index contributed by atoms with van der Waals surface area (Å²) in [5.41, 5.74) is 6.65. The zero-order valence-electron chi connectivity index (χ0n) is 29.7. The molecule has 5 heterocycles. The van der Waals surface area contributed by atoms with Gasteiger partial charge in [0.15, 0.2) is 0 Å². The Kier molecular flexibility index (Phi) is 9.77. The number of likely N-dealkylation sites (tertiary alicyclic amines) is 2. The second-order valence-corrected chi connectivity index (χ2v) is 13.9. The number of aromatic amines is 2. The number of nitrogens with zero attached hydrogens (tertiary/aromatic N) is 4. The maximum Gasteiger partial charge on any atom is 0.407 e. The van der Waals surface area contributed by atoms with E-state index >= 15 is 0 Å². The molecule has 272 valence electrons. The van der Waals surface area contributed by atoms with E-state index in [0.717, 1.165) is 84.5 Å². The molecule has 3 fully saturated rings. The van der Waals surface area contributed by atoms with Crippen LogP contribution in [0.2, 0.25) is 0 Å². The summed E-state index contributed by atoms with van der Waals surface area (Å²) in [6.45, 7) is 1.96. The highest BCUT2D eigenvalue weighted by Gasteiger charge is 2.38. The molecule has 4 atom stereocenters. The number of ether oxygens (including phenoxy) is 2. The minimum atomic E-state index is -0.867. The van der Waals surface area contributed by atoms with Crippen LogP contribution in [0, 0.1) is 0 Å². The van der Waals surface area contributed by atoms with E-state index in [0.29, 0.717) is 24.5 Å². The molecule has 0 spiro atoms. The van der Waals surface area contributed by atoms with Gasteiger partial charge in [-0.25, -0.2) is 14.8 Å². The number of benzene rings is 3. The molecule has 3 amide bonds. The van der Waals surface area contributed by atoms with Crippen molar-refractivity contribution in [1.29, 1.82) is 0 Å². The van der Waals surface area contributed by atoms with E-state index in [4.69, 9.17) is 14.5 Å². The molecule has 0 saturated carbocycles. The molecule has 12 nitrogen and oxygen atoms in total. The smallest absolute Gasteiger partial charge is 0.407 e. The van der Waals surface area contributed by atoms with E-state index in [2.05, 4.69) is 68.8 Å². The van der Waals surface area contributed by atoms with E-state index in [1.807, 2.05) is 47.6 Å². The van der Waals surface area contributed by atoms with Crippen LogP contribution < -0.4 is 5.32 Å². The summed E-state index contributed by atoms with van der Waals surface area (Å²) in [5.74, 6) is 1.42. The third-order valence-corrected chi connectivity index (χ3v) is 10.7. The molecule has 0 aliphatic carbocycles. The van der Waals surface area contributed by atoms with Crippen molar-refractivity contribution in [1.82, 2.24) is 35.1 Å². The molecule has 3 aliphatic heterocycles. The number of H-pyrrole nitrogens is 2. The van der Waals surface area contributed by atoms with Gasteiger partial charge >= 0.3 is 6.09 Å². The molecule has 53 heavy (non-hydrogen) atoms. The zero-order valence-corrected chi connectivity index (χ0v) is 29.7. The lowest BCUT2D eigenvalue weighted by Crippen LogP contribution is -2.42. The number of alkyl carbamates (subject to hydrolysis) is 1. The third kappa shape index (κ3) is 7.06. The molecule has 12 heteroatoms. The Morgan fingerprint density at radius 2 is 1.28 bits per heavy atom. The average molecular weight is 714 g/mol. The topological polar surface area (TPSA) is 146 Å². The van der Waals surface area contributed by atoms with Crippen LogP contribution >= 0.6 is 0 Å².